The van der Waals surface area contributed by atoms with E-state index >= 15 is 0 Å². The first-order chi connectivity index (χ1) is 8.22. The molecule has 0 aliphatic carbocycles. The van der Waals surface area contributed by atoms with Crippen LogP contribution < -0.4 is 29.6 Å². The first kappa shape index (κ1) is 17.8. The van der Waals surface area contributed by atoms with Crippen molar-refractivity contribution in [2.75, 3.05) is 19.8 Å². The summed E-state index contributed by atoms with van der Waals surface area (Å²) in [4.78, 5) is 11.4. The van der Waals surface area contributed by atoms with Crippen LogP contribution in [0.1, 0.15) is 13.4 Å². The molecule has 1 atom stereocenters. The molecule has 5 heteroatoms. The van der Waals surface area contributed by atoms with Crippen LogP contribution in [0.5, 0.6) is 0 Å². The van der Waals surface area contributed by atoms with Crippen molar-refractivity contribution in [1.82, 2.24) is 0 Å². The van der Waals surface area contributed by atoms with Gasteiger partial charge in [-0.3, -0.25) is 4.79 Å². The Labute approximate surface area is 131 Å². The molecule has 1 unspecified atom stereocenters. The Morgan fingerprint density at radius 2 is 2.00 bits per heavy atom. The number of aryl methyl sites for hydroxylation is 1. The van der Waals surface area contributed by atoms with Crippen LogP contribution >= 0.6 is 0 Å². The molecule has 2 N–H and O–H groups in total. The zero-order chi connectivity index (χ0) is 12.5. The second kappa shape index (κ2) is 10.7. The summed E-state index contributed by atoms with van der Waals surface area (Å²) in [6, 6.07) is 9.76. The topological polar surface area (TPSA) is 66.8 Å². The van der Waals surface area contributed by atoms with Gasteiger partial charge in [-0.25, -0.2) is 0 Å². The Hall–Kier alpha value is -0.230. The van der Waals surface area contributed by atoms with E-state index in [0.29, 0.717) is 12.8 Å². The molecular weight excluding hydrogens is 243 g/mol. The standard InChI is InChI=1S/C13H18O4.Na.H/c14-8-13(16)10-17-9-12(15)7-6-11-4-2-1-3-5-11;;/h1-5,13-14,16H,6-10H2;;/q;+1;-1. The summed E-state index contributed by atoms with van der Waals surface area (Å²) in [7, 11) is 0. The number of carbonyl (C=O) groups excluding carboxylic acids is 1. The van der Waals surface area contributed by atoms with Crippen molar-refractivity contribution in [2.45, 2.75) is 18.9 Å². The zero-order valence-corrected chi connectivity index (χ0v) is 12.7. The first-order valence-electron chi connectivity index (χ1n) is 5.64. The maximum Gasteiger partial charge on any atom is 1.00 e. The van der Waals surface area contributed by atoms with Crippen LogP contribution in [0.25, 0.3) is 0 Å². The number of rotatable bonds is 8. The number of ketones is 1. The predicted octanol–water partition coefficient (Wildman–Crippen LogP) is -2.33. The summed E-state index contributed by atoms with van der Waals surface area (Å²) in [6.45, 7) is -0.365. The molecule has 0 amide bonds. The van der Waals surface area contributed by atoms with Crippen molar-refractivity contribution in [2.24, 2.45) is 0 Å². The van der Waals surface area contributed by atoms with Gasteiger partial charge < -0.3 is 16.4 Å². The number of hydrogen-bond acceptors (Lipinski definition) is 4. The van der Waals surface area contributed by atoms with E-state index in [1.807, 2.05) is 30.3 Å². The Balaban J connectivity index is 0. The van der Waals surface area contributed by atoms with Gasteiger partial charge >= 0.3 is 29.6 Å². The van der Waals surface area contributed by atoms with Gasteiger partial charge in [0.25, 0.3) is 0 Å². The summed E-state index contributed by atoms with van der Waals surface area (Å²) in [6.07, 6.45) is 0.224. The van der Waals surface area contributed by atoms with E-state index in [1.165, 1.54) is 0 Å². The molecule has 1 rings (SSSR count). The van der Waals surface area contributed by atoms with Crippen molar-refractivity contribution < 1.29 is 50.7 Å². The molecule has 0 fully saturated rings. The summed E-state index contributed by atoms with van der Waals surface area (Å²) < 4.78 is 4.98. The first-order valence-corrected chi connectivity index (χ1v) is 5.64. The number of aliphatic hydroxyl groups is 2. The maximum atomic E-state index is 11.4. The van der Waals surface area contributed by atoms with Crippen LogP contribution in [0.2, 0.25) is 0 Å². The molecule has 96 valence electrons. The van der Waals surface area contributed by atoms with E-state index in [4.69, 9.17) is 14.9 Å². The molecule has 0 radical (unpaired) electrons. The van der Waals surface area contributed by atoms with Gasteiger partial charge in [-0.1, -0.05) is 30.3 Å². The summed E-state index contributed by atoms with van der Waals surface area (Å²) in [5.41, 5.74) is 1.12. The number of benzene rings is 1. The molecule has 0 bridgehead atoms. The minimum Gasteiger partial charge on any atom is -1.00 e. The van der Waals surface area contributed by atoms with Crippen molar-refractivity contribution in [3.63, 3.8) is 0 Å². The van der Waals surface area contributed by atoms with Crippen LogP contribution in [0.15, 0.2) is 30.3 Å². The van der Waals surface area contributed by atoms with E-state index in [0.717, 1.165) is 5.56 Å². The fraction of sp³-hybridized carbons (Fsp3) is 0.462. The quantitative estimate of drug-likeness (QED) is 0.516. The number of hydrogen-bond donors (Lipinski definition) is 2. The smallest absolute Gasteiger partial charge is 1.00 e. The zero-order valence-electron chi connectivity index (χ0n) is 11.7. The van der Waals surface area contributed by atoms with Crippen molar-refractivity contribution in [3.05, 3.63) is 35.9 Å². The summed E-state index contributed by atoms with van der Waals surface area (Å²) >= 11 is 0. The SMILES string of the molecule is O=C(CCc1ccccc1)COCC(O)CO.[H-].[Na+]. The molecule has 0 aromatic heterocycles. The number of ether oxygens (including phenoxy) is 1. The molecule has 18 heavy (non-hydrogen) atoms. The third kappa shape index (κ3) is 7.97. The molecule has 0 saturated heterocycles. The monoisotopic (exact) mass is 262 g/mol. The third-order valence-corrected chi connectivity index (χ3v) is 2.32. The van der Waals surface area contributed by atoms with Crippen LogP contribution in [-0.4, -0.2) is 41.9 Å². The van der Waals surface area contributed by atoms with Crippen LogP contribution in [-0.2, 0) is 16.0 Å². The molecule has 0 spiro atoms. The van der Waals surface area contributed by atoms with Crippen molar-refractivity contribution in [3.8, 4) is 0 Å². The number of carbonyl (C=O) groups is 1. The Kier molecular flexibility index (Phi) is 10.5. The van der Waals surface area contributed by atoms with Gasteiger partial charge in [0, 0.05) is 6.42 Å². The molecule has 0 heterocycles. The van der Waals surface area contributed by atoms with Gasteiger partial charge in [0.1, 0.15) is 12.7 Å². The Morgan fingerprint density at radius 1 is 1.33 bits per heavy atom. The Morgan fingerprint density at radius 3 is 2.61 bits per heavy atom. The van der Waals surface area contributed by atoms with Crippen molar-refractivity contribution >= 4 is 5.78 Å². The summed E-state index contributed by atoms with van der Waals surface area (Å²) in [5.74, 6) is -0.000933. The maximum absolute atomic E-state index is 11.4. The largest absolute Gasteiger partial charge is 1.00 e. The average Bonchev–Trinajstić information content (AvgIpc) is 2.37. The number of aliphatic hydroxyl groups excluding tert-OH is 2. The molecule has 0 saturated carbocycles. The second-order valence-corrected chi connectivity index (χ2v) is 3.88. The molecule has 4 nitrogen and oxygen atoms in total. The fourth-order valence-corrected chi connectivity index (χ4v) is 1.36. The van der Waals surface area contributed by atoms with E-state index in [9.17, 15) is 4.79 Å². The van der Waals surface area contributed by atoms with E-state index < -0.39 is 6.10 Å². The van der Waals surface area contributed by atoms with Gasteiger partial charge in [0.15, 0.2) is 5.78 Å². The van der Waals surface area contributed by atoms with Crippen LogP contribution in [0, 0.1) is 0 Å². The van der Waals surface area contributed by atoms with Gasteiger partial charge in [0.2, 0.25) is 0 Å². The van der Waals surface area contributed by atoms with Crippen LogP contribution in [0.4, 0.5) is 0 Å². The van der Waals surface area contributed by atoms with Gasteiger partial charge in [-0.15, -0.1) is 0 Å². The molecular formula is C13H19NaO4. The van der Waals surface area contributed by atoms with E-state index in [-0.39, 0.29) is 56.6 Å². The second-order valence-electron chi connectivity index (χ2n) is 3.88. The third-order valence-electron chi connectivity index (χ3n) is 2.32. The molecule has 0 aliphatic rings. The molecule has 0 aliphatic heterocycles. The van der Waals surface area contributed by atoms with Crippen LogP contribution in [0.3, 0.4) is 0 Å². The molecule has 1 aromatic carbocycles. The summed E-state index contributed by atoms with van der Waals surface area (Å²) in [5, 5.41) is 17.5. The Bertz CT molecular complexity index is 335. The van der Waals surface area contributed by atoms with Crippen molar-refractivity contribution in [1.29, 1.82) is 0 Å². The minimum absolute atomic E-state index is 0. The number of Topliss-reactive ketones (excluding diaryl/α,β-unsaturated/α-hetero) is 1. The predicted molar refractivity (Wildman–Crippen MR) is 64.8 cm³/mol. The minimum atomic E-state index is -0.906. The molecule has 1 aromatic rings. The van der Waals surface area contributed by atoms with Gasteiger partial charge in [-0.2, -0.15) is 0 Å². The normalized spacial score (nSPS) is 11.7. The fourth-order valence-electron chi connectivity index (χ4n) is 1.36. The van der Waals surface area contributed by atoms with Gasteiger partial charge in [-0.05, 0) is 12.0 Å². The van der Waals surface area contributed by atoms with E-state index in [1.54, 1.807) is 0 Å². The van der Waals surface area contributed by atoms with E-state index in [2.05, 4.69) is 0 Å². The van der Waals surface area contributed by atoms with Gasteiger partial charge in [0.05, 0.1) is 13.2 Å². The average molecular weight is 262 g/mol.